The number of aryl methyl sites for hydroxylation is 1. The summed E-state index contributed by atoms with van der Waals surface area (Å²) in [5.41, 5.74) is 6.32. The maximum Gasteiger partial charge on any atom is 0.257 e. The van der Waals surface area contributed by atoms with Crippen molar-refractivity contribution < 1.29 is 9.21 Å². The molecule has 7 rings (SSSR count). The Morgan fingerprint density at radius 1 is 0.923 bits per heavy atom. The molecule has 200 valence electrons. The Balaban J connectivity index is 1.02. The van der Waals surface area contributed by atoms with Gasteiger partial charge in [-0.15, -0.1) is 0 Å². The fraction of sp³-hybridized carbons (Fsp3) is 0.382. The smallest absolute Gasteiger partial charge is 0.257 e. The summed E-state index contributed by atoms with van der Waals surface area (Å²) in [5, 5.41) is 3.49. The number of nitrogens with zero attached hydrogens (tertiary/aromatic N) is 2. The highest BCUT2D eigenvalue weighted by Crippen LogP contribution is 2.35. The molecule has 1 N–H and O–H groups in total. The fourth-order valence-electron chi connectivity index (χ4n) is 7.03. The summed E-state index contributed by atoms with van der Waals surface area (Å²) in [5.74, 6) is 0.742. The standard InChI is InChI=1S/C34H37N3O2/c1-23-12-13-31-29(21-23)30(22-35-31)24-14-18-36(19-15-24)20-16-25-7-4-5-17-37(25)34(38)28-10-6-9-27-26-8-2-3-11-32(26)39-33(27)28/h2-3,6,8-13,21-22,24-25,35H,4-5,7,14-20H2,1H3. The number of carbonyl (C=O) groups excluding carboxylic acids is 1. The molecule has 2 saturated heterocycles. The zero-order valence-corrected chi connectivity index (χ0v) is 22.8. The van der Waals surface area contributed by atoms with Crippen molar-refractivity contribution in [3.8, 4) is 0 Å². The van der Waals surface area contributed by atoms with Crippen LogP contribution < -0.4 is 0 Å². The van der Waals surface area contributed by atoms with Gasteiger partial charge in [-0.1, -0.05) is 42.0 Å². The van der Waals surface area contributed by atoms with Gasteiger partial charge in [-0.2, -0.15) is 0 Å². The zero-order chi connectivity index (χ0) is 26.3. The highest BCUT2D eigenvalue weighted by atomic mass is 16.3. The van der Waals surface area contributed by atoms with Crippen LogP contribution in [0.15, 0.2) is 71.3 Å². The van der Waals surface area contributed by atoms with Gasteiger partial charge in [-0.05, 0) is 94.3 Å². The Bertz CT molecular complexity index is 1640. The number of aromatic amines is 1. The number of rotatable bonds is 5. The molecule has 1 amide bonds. The topological polar surface area (TPSA) is 52.5 Å². The van der Waals surface area contributed by atoms with Crippen LogP contribution in [0.4, 0.5) is 0 Å². The molecule has 4 heterocycles. The molecule has 5 heteroatoms. The first-order valence-electron chi connectivity index (χ1n) is 14.7. The van der Waals surface area contributed by atoms with Crippen LogP contribution in [-0.2, 0) is 0 Å². The predicted octanol–water partition coefficient (Wildman–Crippen LogP) is 7.64. The van der Waals surface area contributed by atoms with E-state index in [1.807, 2.05) is 30.3 Å². The molecular formula is C34H37N3O2. The lowest BCUT2D eigenvalue weighted by atomic mass is 9.88. The van der Waals surface area contributed by atoms with Crippen LogP contribution in [0.2, 0.25) is 0 Å². The van der Waals surface area contributed by atoms with Crippen LogP contribution in [0.1, 0.15) is 65.9 Å². The van der Waals surface area contributed by atoms with Crippen molar-refractivity contribution in [2.45, 2.75) is 57.4 Å². The molecule has 5 aromatic rings. The lowest BCUT2D eigenvalue weighted by molar-refractivity contribution is 0.0579. The van der Waals surface area contributed by atoms with Crippen molar-refractivity contribution >= 4 is 38.7 Å². The fourth-order valence-corrected chi connectivity index (χ4v) is 7.03. The van der Waals surface area contributed by atoms with Crippen molar-refractivity contribution in [1.29, 1.82) is 0 Å². The third-order valence-electron chi connectivity index (χ3n) is 9.20. The second kappa shape index (κ2) is 10.2. The van der Waals surface area contributed by atoms with E-state index in [4.69, 9.17) is 4.42 Å². The summed E-state index contributed by atoms with van der Waals surface area (Å²) in [6, 6.07) is 21.1. The van der Waals surface area contributed by atoms with E-state index < -0.39 is 0 Å². The SMILES string of the molecule is Cc1ccc2[nH]cc(C3CCN(CCC4CCCCN4C(=O)c4cccc5c4oc4ccccc45)CC3)c2c1. The summed E-state index contributed by atoms with van der Waals surface area (Å²) in [6.45, 7) is 6.32. The largest absolute Gasteiger partial charge is 0.455 e. The molecule has 0 saturated carbocycles. The van der Waals surface area contributed by atoms with Gasteiger partial charge in [0.05, 0.1) is 5.56 Å². The molecule has 2 aliphatic heterocycles. The van der Waals surface area contributed by atoms with Gasteiger partial charge >= 0.3 is 0 Å². The highest BCUT2D eigenvalue weighted by Gasteiger charge is 2.30. The van der Waals surface area contributed by atoms with E-state index in [2.05, 4.69) is 58.2 Å². The van der Waals surface area contributed by atoms with E-state index in [1.54, 1.807) is 0 Å². The number of H-pyrrole nitrogens is 1. The first kappa shape index (κ1) is 24.5. The number of aromatic nitrogens is 1. The Morgan fingerprint density at radius 2 is 1.77 bits per heavy atom. The molecule has 39 heavy (non-hydrogen) atoms. The third-order valence-corrected chi connectivity index (χ3v) is 9.20. The number of amides is 1. The average Bonchev–Trinajstić information content (AvgIpc) is 3.57. The minimum Gasteiger partial charge on any atom is -0.455 e. The second-order valence-electron chi connectivity index (χ2n) is 11.6. The van der Waals surface area contributed by atoms with Crippen LogP contribution in [0.3, 0.4) is 0 Å². The quantitative estimate of drug-likeness (QED) is 0.260. The van der Waals surface area contributed by atoms with E-state index in [0.29, 0.717) is 17.5 Å². The number of hydrogen-bond acceptors (Lipinski definition) is 3. The molecule has 5 nitrogen and oxygen atoms in total. The number of para-hydroxylation sites is 2. The molecule has 2 aromatic heterocycles. The van der Waals surface area contributed by atoms with Gasteiger partial charge in [0, 0.05) is 47.0 Å². The lowest BCUT2D eigenvalue weighted by Crippen LogP contribution is -2.46. The van der Waals surface area contributed by atoms with Crippen molar-refractivity contribution in [1.82, 2.24) is 14.8 Å². The van der Waals surface area contributed by atoms with Crippen LogP contribution in [-0.4, -0.2) is 52.9 Å². The Labute approximate surface area is 229 Å². The van der Waals surface area contributed by atoms with Crippen LogP contribution in [0, 0.1) is 6.92 Å². The molecule has 1 atom stereocenters. The van der Waals surface area contributed by atoms with Crippen LogP contribution in [0.5, 0.6) is 0 Å². The maximum absolute atomic E-state index is 13.9. The summed E-state index contributed by atoms with van der Waals surface area (Å²) < 4.78 is 6.20. The molecular weight excluding hydrogens is 482 g/mol. The van der Waals surface area contributed by atoms with Gasteiger partial charge < -0.3 is 19.2 Å². The predicted molar refractivity (Wildman–Crippen MR) is 158 cm³/mol. The van der Waals surface area contributed by atoms with Crippen LogP contribution in [0.25, 0.3) is 32.8 Å². The number of piperidine rings is 2. The van der Waals surface area contributed by atoms with E-state index >= 15 is 0 Å². The maximum atomic E-state index is 13.9. The summed E-state index contributed by atoms with van der Waals surface area (Å²) >= 11 is 0. The highest BCUT2D eigenvalue weighted by molar-refractivity contribution is 6.13. The van der Waals surface area contributed by atoms with Gasteiger partial charge in [0.15, 0.2) is 0 Å². The summed E-state index contributed by atoms with van der Waals surface area (Å²) in [4.78, 5) is 22.2. The monoisotopic (exact) mass is 519 g/mol. The first-order valence-corrected chi connectivity index (χ1v) is 14.7. The number of fused-ring (bicyclic) bond motifs is 4. The lowest BCUT2D eigenvalue weighted by Gasteiger charge is -2.38. The molecule has 0 radical (unpaired) electrons. The number of nitrogens with one attached hydrogen (secondary N) is 1. The Hall–Kier alpha value is -3.57. The van der Waals surface area contributed by atoms with Crippen molar-refractivity contribution in [2.24, 2.45) is 0 Å². The summed E-state index contributed by atoms with van der Waals surface area (Å²) in [6.07, 6.45) is 9.04. The number of benzene rings is 3. The van der Waals surface area contributed by atoms with Gasteiger partial charge in [0.2, 0.25) is 0 Å². The molecule has 3 aromatic carbocycles. The molecule has 2 aliphatic rings. The second-order valence-corrected chi connectivity index (χ2v) is 11.6. The van der Waals surface area contributed by atoms with E-state index in [1.165, 1.54) is 41.3 Å². The van der Waals surface area contributed by atoms with Gasteiger partial charge in [-0.25, -0.2) is 0 Å². The Kier molecular flexibility index (Phi) is 6.40. The minimum atomic E-state index is 0.123. The first-order chi connectivity index (χ1) is 19.2. The van der Waals surface area contributed by atoms with E-state index in [-0.39, 0.29) is 5.91 Å². The number of hydrogen-bond donors (Lipinski definition) is 1. The molecule has 0 spiro atoms. The average molecular weight is 520 g/mol. The van der Waals surface area contributed by atoms with Crippen molar-refractivity contribution in [3.05, 3.63) is 83.6 Å². The number of furan rings is 1. The molecule has 2 fully saturated rings. The summed E-state index contributed by atoms with van der Waals surface area (Å²) in [7, 11) is 0. The number of carbonyl (C=O) groups is 1. The van der Waals surface area contributed by atoms with E-state index in [9.17, 15) is 4.79 Å². The van der Waals surface area contributed by atoms with Gasteiger partial charge in [0.1, 0.15) is 11.2 Å². The van der Waals surface area contributed by atoms with E-state index in [0.717, 1.165) is 67.4 Å². The zero-order valence-electron chi connectivity index (χ0n) is 22.8. The third kappa shape index (κ3) is 4.53. The van der Waals surface area contributed by atoms with Crippen molar-refractivity contribution in [2.75, 3.05) is 26.2 Å². The van der Waals surface area contributed by atoms with Crippen molar-refractivity contribution in [3.63, 3.8) is 0 Å². The van der Waals surface area contributed by atoms with Gasteiger partial charge in [-0.3, -0.25) is 4.79 Å². The number of likely N-dealkylation sites (tertiary alicyclic amines) is 2. The normalized spacial score (nSPS) is 19.4. The minimum absolute atomic E-state index is 0.123. The Morgan fingerprint density at radius 3 is 2.67 bits per heavy atom. The molecule has 0 bridgehead atoms. The molecule has 1 unspecified atom stereocenters. The van der Waals surface area contributed by atoms with Gasteiger partial charge in [0.25, 0.3) is 5.91 Å². The van der Waals surface area contributed by atoms with Crippen LogP contribution >= 0.6 is 0 Å². The molecule has 0 aliphatic carbocycles.